The highest BCUT2D eigenvalue weighted by molar-refractivity contribution is 6.05. The Balaban J connectivity index is 1.52. The summed E-state index contributed by atoms with van der Waals surface area (Å²) >= 11 is 0. The number of pyridine rings is 1. The number of methoxy groups -OCH3 is 1. The van der Waals surface area contributed by atoms with Gasteiger partial charge in [-0.15, -0.1) is 0 Å². The van der Waals surface area contributed by atoms with Gasteiger partial charge in [0.15, 0.2) is 5.82 Å². The van der Waals surface area contributed by atoms with Crippen LogP contribution in [0, 0.1) is 5.41 Å². The van der Waals surface area contributed by atoms with Crippen LogP contribution in [0.4, 0.5) is 5.82 Å². The van der Waals surface area contributed by atoms with Gasteiger partial charge in [0.25, 0.3) is 5.91 Å². The van der Waals surface area contributed by atoms with Gasteiger partial charge >= 0.3 is 0 Å². The Morgan fingerprint density at radius 3 is 2.67 bits per heavy atom. The van der Waals surface area contributed by atoms with Crippen LogP contribution in [0.2, 0.25) is 0 Å². The monoisotopic (exact) mass is 452 g/mol. The molecule has 9 heteroatoms. The number of anilines is 1. The molecule has 0 saturated heterocycles. The van der Waals surface area contributed by atoms with Crippen LogP contribution < -0.4 is 15.8 Å². The molecule has 3 aromatic heterocycles. The molecule has 0 unspecified atom stereocenters. The number of carbonyl (C=O) groups excluding carboxylic acids is 1. The summed E-state index contributed by atoms with van der Waals surface area (Å²) in [6.45, 7) is 7.26. The summed E-state index contributed by atoms with van der Waals surface area (Å²) in [5, 5.41) is 7.52. The SMILES string of the molecule is COc1cc(-c2cc(C(=O)N[C@H]3CC[C@H](OCC(C)(C)C)CC3)c3c(N)ncnn23)ccn1. The van der Waals surface area contributed by atoms with Crippen LogP contribution in [-0.2, 0) is 4.74 Å². The second-order valence-electron chi connectivity index (χ2n) is 9.75. The number of rotatable bonds is 6. The predicted octanol–water partition coefficient (Wildman–Crippen LogP) is 3.49. The van der Waals surface area contributed by atoms with Gasteiger partial charge in [0.05, 0.1) is 31.1 Å². The zero-order valence-corrected chi connectivity index (χ0v) is 19.7. The van der Waals surface area contributed by atoms with Crippen molar-refractivity contribution in [3.05, 3.63) is 36.3 Å². The van der Waals surface area contributed by atoms with Crippen LogP contribution in [0.15, 0.2) is 30.7 Å². The van der Waals surface area contributed by atoms with Gasteiger partial charge in [-0.3, -0.25) is 4.79 Å². The van der Waals surface area contributed by atoms with E-state index in [2.05, 4.69) is 41.2 Å². The topological polar surface area (TPSA) is 117 Å². The first-order valence-electron chi connectivity index (χ1n) is 11.3. The van der Waals surface area contributed by atoms with Gasteiger partial charge in [-0.05, 0) is 43.2 Å². The van der Waals surface area contributed by atoms with E-state index in [-0.39, 0.29) is 29.3 Å². The van der Waals surface area contributed by atoms with Crippen LogP contribution in [0.25, 0.3) is 16.8 Å². The number of carbonyl (C=O) groups is 1. The lowest BCUT2D eigenvalue weighted by Crippen LogP contribution is -2.39. The third-order valence-electron chi connectivity index (χ3n) is 5.83. The first-order valence-corrected chi connectivity index (χ1v) is 11.3. The third kappa shape index (κ3) is 5.24. The smallest absolute Gasteiger partial charge is 0.253 e. The fourth-order valence-corrected chi connectivity index (χ4v) is 4.13. The van der Waals surface area contributed by atoms with Crippen molar-refractivity contribution in [3.8, 4) is 17.1 Å². The second kappa shape index (κ2) is 9.35. The van der Waals surface area contributed by atoms with Crippen molar-refractivity contribution >= 4 is 17.2 Å². The number of ether oxygens (including phenoxy) is 2. The van der Waals surface area contributed by atoms with Crippen LogP contribution in [0.1, 0.15) is 56.8 Å². The van der Waals surface area contributed by atoms with E-state index in [1.54, 1.807) is 30.0 Å². The van der Waals surface area contributed by atoms with Crippen molar-refractivity contribution in [2.45, 2.75) is 58.6 Å². The number of fused-ring (bicyclic) bond motifs is 1. The number of aromatic nitrogens is 4. The summed E-state index contributed by atoms with van der Waals surface area (Å²) in [6.07, 6.45) is 6.92. The predicted molar refractivity (Wildman–Crippen MR) is 126 cm³/mol. The Kier molecular flexibility index (Phi) is 6.51. The molecule has 1 amide bonds. The summed E-state index contributed by atoms with van der Waals surface area (Å²) < 4.78 is 13.0. The molecule has 3 heterocycles. The number of amides is 1. The van der Waals surface area contributed by atoms with Crippen LogP contribution >= 0.6 is 0 Å². The molecular weight excluding hydrogens is 420 g/mol. The largest absolute Gasteiger partial charge is 0.481 e. The Bertz CT molecular complexity index is 1130. The van der Waals surface area contributed by atoms with Crippen molar-refractivity contribution < 1.29 is 14.3 Å². The summed E-state index contributed by atoms with van der Waals surface area (Å²) in [4.78, 5) is 21.5. The molecule has 33 heavy (non-hydrogen) atoms. The van der Waals surface area contributed by atoms with E-state index in [0.29, 0.717) is 22.7 Å². The molecule has 9 nitrogen and oxygen atoms in total. The van der Waals surface area contributed by atoms with Crippen molar-refractivity contribution in [1.29, 1.82) is 0 Å². The maximum absolute atomic E-state index is 13.3. The number of hydrogen-bond donors (Lipinski definition) is 2. The molecule has 0 radical (unpaired) electrons. The summed E-state index contributed by atoms with van der Waals surface area (Å²) in [6, 6.07) is 5.52. The molecule has 1 saturated carbocycles. The number of nitrogens with two attached hydrogens (primary N) is 1. The van der Waals surface area contributed by atoms with Gasteiger partial charge in [0.2, 0.25) is 5.88 Å². The van der Waals surface area contributed by atoms with Crippen molar-refractivity contribution in [3.63, 3.8) is 0 Å². The van der Waals surface area contributed by atoms with E-state index in [4.69, 9.17) is 15.2 Å². The van der Waals surface area contributed by atoms with Gasteiger partial charge in [-0.25, -0.2) is 14.5 Å². The lowest BCUT2D eigenvalue weighted by atomic mass is 9.92. The number of nitrogen functional groups attached to an aromatic ring is 1. The highest BCUT2D eigenvalue weighted by Gasteiger charge is 2.27. The number of nitrogens with one attached hydrogen (secondary N) is 1. The van der Waals surface area contributed by atoms with E-state index in [1.165, 1.54) is 6.33 Å². The minimum Gasteiger partial charge on any atom is -0.481 e. The molecule has 0 aliphatic heterocycles. The molecule has 1 aliphatic rings. The fourth-order valence-electron chi connectivity index (χ4n) is 4.13. The van der Waals surface area contributed by atoms with Crippen LogP contribution in [-0.4, -0.2) is 51.4 Å². The van der Waals surface area contributed by atoms with E-state index in [9.17, 15) is 4.79 Å². The van der Waals surface area contributed by atoms with E-state index in [1.807, 2.05) is 6.07 Å². The molecule has 0 spiro atoms. The molecule has 1 fully saturated rings. The Hall–Kier alpha value is -3.20. The maximum Gasteiger partial charge on any atom is 0.253 e. The van der Waals surface area contributed by atoms with Crippen molar-refractivity contribution in [1.82, 2.24) is 24.9 Å². The van der Waals surface area contributed by atoms with Gasteiger partial charge < -0.3 is 20.5 Å². The van der Waals surface area contributed by atoms with Gasteiger partial charge in [0, 0.05) is 23.9 Å². The quantitative estimate of drug-likeness (QED) is 0.588. The molecule has 176 valence electrons. The fraction of sp³-hybridized carbons (Fsp3) is 0.500. The van der Waals surface area contributed by atoms with Crippen molar-refractivity contribution in [2.24, 2.45) is 5.41 Å². The first-order chi connectivity index (χ1) is 15.7. The summed E-state index contributed by atoms with van der Waals surface area (Å²) in [5.41, 5.74) is 8.77. The summed E-state index contributed by atoms with van der Waals surface area (Å²) in [7, 11) is 1.56. The molecule has 3 aromatic rings. The lowest BCUT2D eigenvalue weighted by Gasteiger charge is -2.31. The molecular formula is C24H32N6O3. The van der Waals surface area contributed by atoms with Gasteiger partial charge in [-0.1, -0.05) is 20.8 Å². The Labute approximate surface area is 193 Å². The first kappa shape index (κ1) is 23.0. The highest BCUT2D eigenvalue weighted by atomic mass is 16.5. The zero-order valence-electron chi connectivity index (χ0n) is 19.7. The van der Waals surface area contributed by atoms with Gasteiger partial charge in [-0.2, -0.15) is 5.10 Å². The highest BCUT2D eigenvalue weighted by Crippen LogP contribution is 2.30. The molecule has 1 aliphatic carbocycles. The number of hydrogen-bond acceptors (Lipinski definition) is 7. The van der Waals surface area contributed by atoms with Crippen LogP contribution in [0.5, 0.6) is 5.88 Å². The lowest BCUT2D eigenvalue weighted by molar-refractivity contribution is -0.0134. The Morgan fingerprint density at radius 2 is 1.97 bits per heavy atom. The van der Waals surface area contributed by atoms with E-state index in [0.717, 1.165) is 37.9 Å². The maximum atomic E-state index is 13.3. The second-order valence-corrected chi connectivity index (χ2v) is 9.75. The molecule has 0 aromatic carbocycles. The molecule has 4 rings (SSSR count). The minimum absolute atomic E-state index is 0.0947. The van der Waals surface area contributed by atoms with Gasteiger partial charge in [0.1, 0.15) is 11.8 Å². The minimum atomic E-state index is -0.180. The average molecular weight is 453 g/mol. The third-order valence-corrected chi connectivity index (χ3v) is 5.83. The molecule has 0 bridgehead atoms. The summed E-state index contributed by atoms with van der Waals surface area (Å²) in [5.74, 6) is 0.544. The van der Waals surface area contributed by atoms with E-state index < -0.39 is 0 Å². The van der Waals surface area contributed by atoms with Crippen molar-refractivity contribution in [2.75, 3.05) is 19.5 Å². The number of nitrogens with zero attached hydrogens (tertiary/aromatic N) is 4. The average Bonchev–Trinajstić information content (AvgIpc) is 3.19. The van der Waals surface area contributed by atoms with Crippen LogP contribution in [0.3, 0.4) is 0 Å². The Morgan fingerprint density at radius 1 is 1.21 bits per heavy atom. The normalized spacial score (nSPS) is 18.9. The van der Waals surface area contributed by atoms with E-state index >= 15 is 0 Å². The standard InChI is InChI=1S/C24H32N6O3/c1-24(2,3)13-33-17-7-5-16(6-8-17)29-23(31)18-12-19(15-9-10-26-20(11-15)32-4)30-21(18)22(25)27-14-28-30/h9-12,14,16-17H,5-8,13H2,1-4H3,(H,29,31)(H2,25,27,28)/t16-,17-. The zero-order chi connectivity index (χ0) is 23.6. The molecule has 3 N–H and O–H groups in total. The molecule has 0 atom stereocenters.